The standard InChI is InChI=1S/C29H26N4O5/c1-3-37-26-15-20(11-12-25(26)38-18-22-9-5-4-8-21(22)16-30)14-24-28(35)33(29(36)32-24)17-27(34)31-23-10-6-7-19(2)13-23/h4-15H,3,17-18H2,1-2H3,(H,31,34)(H,32,36)/b24-14+. The third-order valence-corrected chi connectivity index (χ3v) is 5.67. The number of benzene rings is 3. The van der Waals surface area contributed by atoms with Crippen LogP contribution in [0.3, 0.4) is 0 Å². The molecule has 0 atom stereocenters. The van der Waals surface area contributed by atoms with Gasteiger partial charge in [0, 0.05) is 11.3 Å². The van der Waals surface area contributed by atoms with Gasteiger partial charge in [-0.05, 0) is 61.4 Å². The van der Waals surface area contributed by atoms with Gasteiger partial charge < -0.3 is 20.1 Å². The van der Waals surface area contributed by atoms with E-state index in [0.29, 0.717) is 34.9 Å². The Bertz CT molecular complexity index is 1460. The normalized spacial score (nSPS) is 13.7. The highest BCUT2D eigenvalue weighted by Gasteiger charge is 2.35. The van der Waals surface area contributed by atoms with Crippen LogP contribution in [-0.2, 0) is 16.2 Å². The minimum Gasteiger partial charge on any atom is -0.490 e. The number of carbonyl (C=O) groups is 3. The SMILES string of the molecule is CCOc1cc(/C=C2/NC(=O)N(CC(=O)Nc3cccc(C)c3)C2=O)ccc1OCc1ccccc1C#N. The Morgan fingerprint density at radius 1 is 1.05 bits per heavy atom. The largest absolute Gasteiger partial charge is 0.490 e. The number of imide groups is 1. The van der Waals surface area contributed by atoms with Crippen molar-refractivity contribution in [3.8, 4) is 17.6 Å². The van der Waals surface area contributed by atoms with E-state index in [1.807, 2.05) is 32.0 Å². The molecule has 0 radical (unpaired) electrons. The van der Waals surface area contributed by atoms with E-state index in [4.69, 9.17) is 9.47 Å². The number of nitrogens with zero attached hydrogens (tertiary/aromatic N) is 2. The van der Waals surface area contributed by atoms with E-state index < -0.39 is 24.4 Å². The summed E-state index contributed by atoms with van der Waals surface area (Å²) in [7, 11) is 0. The monoisotopic (exact) mass is 510 g/mol. The third-order valence-electron chi connectivity index (χ3n) is 5.67. The Kier molecular flexibility index (Phi) is 8.04. The first-order chi connectivity index (χ1) is 18.4. The minimum atomic E-state index is -0.679. The average Bonchev–Trinajstić information content (AvgIpc) is 3.15. The smallest absolute Gasteiger partial charge is 0.329 e. The Balaban J connectivity index is 1.46. The molecule has 1 aliphatic rings. The van der Waals surface area contributed by atoms with Crippen molar-refractivity contribution in [1.29, 1.82) is 5.26 Å². The molecule has 4 rings (SSSR count). The molecular weight excluding hydrogens is 484 g/mol. The van der Waals surface area contributed by atoms with Crippen LogP contribution in [0.2, 0.25) is 0 Å². The summed E-state index contributed by atoms with van der Waals surface area (Å²) in [5, 5.41) is 14.5. The summed E-state index contributed by atoms with van der Waals surface area (Å²) in [6, 6.07) is 20.9. The molecule has 1 aliphatic heterocycles. The molecule has 0 saturated carbocycles. The van der Waals surface area contributed by atoms with Gasteiger partial charge in [0.25, 0.3) is 5.91 Å². The van der Waals surface area contributed by atoms with Gasteiger partial charge in [0.2, 0.25) is 5.91 Å². The first kappa shape index (κ1) is 26.0. The van der Waals surface area contributed by atoms with Crippen molar-refractivity contribution in [2.45, 2.75) is 20.5 Å². The topological polar surface area (TPSA) is 121 Å². The summed E-state index contributed by atoms with van der Waals surface area (Å²) < 4.78 is 11.6. The summed E-state index contributed by atoms with van der Waals surface area (Å²) >= 11 is 0. The summed E-state index contributed by atoms with van der Waals surface area (Å²) in [4.78, 5) is 38.6. The second-order valence-electron chi connectivity index (χ2n) is 8.49. The maximum absolute atomic E-state index is 12.9. The predicted molar refractivity (Wildman–Crippen MR) is 141 cm³/mol. The molecular formula is C29H26N4O5. The van der Waals surface area contributed by atoms with Crippen LogP contribution in [0.4, 0.5) is 10.5 Å². The van der Waals surface area contributed by atoms with Gasteiger partial charge >= 0.3 is 6.03 Å². The van der Waals surface area contributed by atoms with Crippen molar-refractivity contribution in [2.24, 2.45) is 0 Å². The van der Waals surface area contributed by atoms with Crippen LogP contribution in [0.1, 0.15) is 29.2 Å². The Morgan fingerprint density at radius 3 is 2.63 bits per heavy atom. The van der Waals surface area contributed by atoms with Crippen molar-refractivity contribution < 1.29 is 23.9 Å². The summed E-state index contributed by atoms with van der Waals surface area (Å²) in [5.74, 6) is -0.181. The molecule has 192 valence electrons. The number of carbonyl (C=O) groups excluding carboxylic acids is 3. The van der Waals surface area contributed by atoms with Gasteiger partial charge in [-0.25, -0.2) is 9.69 Å². The van der Waals surface area contributed by atoms with Crippen LogP contribution < -0.4 is 20.1 Å². The highest BCUT2D eigenvalue weighted by Crippen LogP contribution is 2.30. The number of nitrogens with one attached hydrogen (secondary N) is 2. The maximum atomic E-state index is 12.9. The molecule has 0 aromatic heterocycles. The van der Waals surface area contributed by atoms with Gasteiger partial charge in [0.15, 0.2) is 11.5 Å². The van der Waals surface area contributed by atoms with E-state index >= 15 is 0 Å². The summed E-state index contributed by atoms with van der Waals surface area (Å²) in [6.45, 7) is 3.87. The molecule has 0 bridgehead atoms. The molecule has 3 aromatic rings. The Hall–Kier alpha value is -5.10. The predicted octanol–water partition coefficient (Wildman–Crippen LogP) is 4.38. The molecule has 0 unspecified atom stereocenters. The molecule has 9 heteroatoms. The first-order valence-electron chi connectivity index (χ1n) is 12.0. The van der Waals surface area contributed by atoms with Crippen LogP contribution in [0.25, 0.3) is 6.08 Å². The number of aryl methyl sites for hydroxylation is 1. The number of anilines is 1. The number of rotatable bonds is 9. The average molecular weight is 511 g/mol. The molecule has 1 fully saturated rings. The zero-order valence-electron chi connectivity index (χ0n) is 21.0. The fraction of sp³-hybridized carbons (Fsp3) is 0.172. The van der Waals surface area contributed by atoms with Crippen molar-refractivity contribution in [1.82, 2.24) is 10.2 Å². The molecule has 0 spiro atoms. The number of hydrogen-bond acceptors (Lipinski definition) is 6. The maximum Gasteiger partial charge on any atom is 0.329 e. The van der Waals surface area contributed by atoms with Gasteiger partial charge in [-0.1, -0.05) is 36.4 Å². The van der Waals surface area contributed by atoms with Gasteiger partial charge in [-0.15, -0.1) is 0 Å². The molecule has 2 N–H and O–H groups in total. The number of hydrogen-bond donors (Lipinski definition) is 2. The van der Waals surface area contributed by atoms with Gasteiger partial charge in [-0.2, -0.15) is 5.26 Å². The van der Waals surface area contributed by atoms with Gasteiger partial charge in [0.1, 0.15) is 18.8 Å². The lowest BCUT2D eigenvalue weighted by Crippen LogP contribution is -2.38. The fourth-order valence-corrected chi connectivity index (χ4v) is 3.86. The van der Waals surface area contributed by atoms with Crippen LogP contribution in [0.15, 0.2) is 72.4 Å². The molecule has 0 aliphatic carbocycles. The minimum absolute atomic E-state index is 0.0393. The molecule has 1 heterocycles. The highest BCUT2D eigenvalue weighted by atomic mass is 16.5. The van der Waals surface area contributed by atoms with E-state index in [1.165, 1.54) is 6.08 Å². The van der Waals surface area contributed by atoms with Gasteiger partial charge in [0.05, 0.1) is 18.2 Å². The second kappa shape index (κ2) is 11.8. The number of ether oxygens (including phenoxy) is 2. The van der Waals surface area contributed by atoms with Gasteiger partial charge in [-0.3, -0.25) is 9.59 Å². The highest BCUT2D eigenvalue weighted by molar-refractivity contribution is 6.16. The number of amides is 4. The van der Waals surface area contributed by atoms with E-state index in [-0.39, 0.29) is 12.3 Å². The zero-order chi connectivity index (χ0) is 27.1. The van der Waals surface area contributed by atoms with E-state index in [2.05, 4.69) is 16.7 Å². The lowest BCUT2D eigenvalue weighted by atomic mass is 10.1. The molecule has 9 nitrogen and oxygen atoms in total. The van der Waals surface area contributed by atoms with Crippen LogP contribution in [-0.4, -0.2) is 35.9 Å². The fourth-order valence-electron chi connectivity index (χ4n) is 3.86. The van der Waals surface area contributed by atoms with Crippen LogP contribution in [0.5, 0.6) is 11.5 Å². The van der Waals surface area contributed by atoms with Crippen molar-refractivity contribution in [3.63, 3.8) is 0 Å². The van der Waals surface area contributed by atoms with Crippen molar-refractivity contribution >= 4 is 29.6 Å². The van der Waals surface area contributed by atoms with Crippen molar-refractivity contribution in [2.75, 3.05) is 18.5 Å². The molecule has 4 amide bonds. The lowest BCUT2D eigenvalue weighted by molar-refractivity contribution is -0.127. The third kappa shape index (κ3) is 6.17. The second-order valence-corrected chi connectivity index (χ2v) is 8.49. The molecule has 38 heavy (non-hydrogen) atoms. The van der Waals surface area contributed by atoms with Crippen molar-refractivity contribution in [3.05, 3.63) is 94.7 Å². The first-order valence-corrected chi connectivity index (χ1v) is 12.0. The number of nitriles is 1. The Labute approximate surface area is 220 Å². The quantitative estimate of drug-likeness (QED) is 0.326. The van der Waals surface area contributed by atoms with E-state index in [1.54, 1.807) is 48.5 Å². The van der Waals surface area contributed by atoms with Crippen LogP contribution >= 0.6 is 0 Å². The summed E-state index contributed by atoms with van der Waals surface area (Å²) in [5.41, 5.74) is 3.46. The molecule has 3 aromatic carbocycles. The van der Waals surface area contributed by atoms with E-state index in [0.717, 1.165) is 16.0 Å². The van der Waals surface area contributed by atoms with E-state index in [9.17, 15) is 19.6 Å². The van der Waals surface area contributed by atoms with Crippen LogP contribution in [0, 0.1) is 18.3 Å². The molecule has 1 saturated heterocycles. The number of urea groups is 1. The lowest BCUT2D eigenvalue weighted by Gasteiger charge is -2.13. The zero-order valence-corrected chi connectivity index (χ0v) is 21.0. The summed E-state index contributed by atoms with van der Waals surface area (Å²) in [6.07, 6.45) is 1.51. The Morgan fingerprint density at radius 2 is 1.87 bits per heavy atom.